The molecule has 2 aromatic heterocycles. The van der Waals surface area contributed by atoms with Crippen LogP contribution in [-0.4, -0.2) is 26.4 Å². The first-order chi connectivity index (χ1) is 13.8. The fourth-order valence-electron chi connectivity index (χ4n) is 3.00. The maximum Gasteiger partial charge on any atom is 0.414 e. The number of rotatable bonds is 3. The fraction of sp³-hybridized carbons (Fsp3) is 0.190. The van der Waals surface area contributed by atoms with Gasteiger partial charge in [0.25, 0.3) is 0 Å². The van der Waals surface area contributed by atoms with Gasteiger partial charge in [-0.3, -0.25) is 9.98 Å². The Kier molecular flexibility index (Phi) is 4.70. The molecule has 0 amide bonds. The third-order valence-electron chi connectivity index (χ3n) is 4.64. The van der Waals surface area contributed by atoms with Crippen molar-refractivity contribution >= 4 is 16.7 Å². The highest BCUT2D eigenvalue weighted by Crippen LogP contribution is 2.30. The number of hydrogen-bond donors (Lipinski definition) is 0. The number of ether oxygens (including phenoxy) is 1. The Morgan fingerprint density at radius 3 is 2.69 bits per heavy atom. The van der Waals surface area contributed by atoms with Crippen LogP contribution in [0.15, 0.2) is 65.4 Å². The summed E-state index contributed by atoms with van der Waals surface area (Å²) in [7, 11) is 1.94. The van der Waals surface area contributed by atoms with E-state index in [4.69, 9.17) is 4.74 Å². The topological polar surface area (TPSA) is 52.3 Å². The molecule has 8 heteroatoms. The second-order valence-electron chi connectivity index (χ2n) is 6.62. The van der Waals surface area contributed by atoms with Gasteiger partial charge in [0.2, 0.25) is 0 Å². The first-order valence-corrected chi connectivity index (χ1v) is 8.89. The molecule has 5 nitrogen and oxygen atoms in total. The van der Waals surface area contributed by atoms with Crippen molar-refractivity contribution in [1.82, 2.24) is 14.5 Å². The van der Waals surface area contributed by atoms with Crippen molar-refractivity contribution in [3.8, 4) is 11.5 Å². The van der Waals surface area contributed by atoms with Crippen LogP contribution in [0.1, 0.15) is 17.9 Å². The van der Waals surface area contributed by atoms with Gasteiger partial charge < -0.3 is 9.30 Å². The third kappa shape index (κ3) is 3.91. The zero-order chi connectivity index (χ0) is 20.6. The van der Waals surface area contributed by atoms with Crippen LogP contribution in [0.2, 0.25) is 0 Å². The summed E-state index contributed by atoms with van der Waals surface area (Å²) in [5, 5.41) is 0. The lowest BCUT2D eigenvalue weighted by molar-refractivity contribution is -0.0930. The molecular weight excluding hydrogens is 381 g/mol. The number of aromatic nitrogens is 3. The number of hydrogen-bond acceptors (Lipinski definition) is 4. The number of fused-ring (bicyclic) bond motifs is 1. The Morgan fingerprint density at radius 2 is 1.90 bits per heavy atom. The van der Waals surface area contributed by atoms with Crippen LogP contribution < -0.4 is 4.74 Å². The van der Waals surface area contributed by atoms with E-state index in [9.17, 15) is 13.2 Å². The highest BCUT2D eigenvalue weighted by Gasteiger charge is 2.33. The molecule has 0 bridgehead atoms. The Balaban J connectivity index is 1.61. The minimum absolute atomic E-state index is 0.226. The number of benzene rings is 1. The molecule has 29 heavy (non-hydrogen) atoms. The van der Waals surface area contributed by atoms with Crippen molar-refractivity contribution in [2.75, 3.05) is 0 Å². The van der Waals surface area contributed by atoms with E-state index in [1.807, 2.05) is 36.7 Å². The molecule has 1 aliphatic heterocycles. The smallest absolute Gasteiger partial charge is 0.414 e. The van der Waals surface area contributed by atoms with E-state index in [2.05, 4.69) is 15.0 Å². The van der Waals surface area contributed by atoms with Gasteiger partial charge in [-0.25, -0.2) is 4.98 Å². The van der Waals surface area contributed by atoms with Gasteiger partial charge in [-0.2, -0.15) is 13.2 Å². The molecule has 0 radical (unpaired) electrons. The molecule has 1 aliphatic rings. The molecule has 3 aromatic rings. The van der Waals surface area contributed by atoms with Crippen molar-refractivity contribution in [3.05, 3.63) is 72.0 Å². The summed E-state index contributed by atoms with van der Waals surface area (Å²) in [5.41, 5.74) is 1.88. The number of imidazole rings is 1. The summed E-state index contributed by atoms with van der Waals surface area (Å²) in [6.45, 7) is 1.93. The van der Waals surface area contributed by atoms with Crippen LogP contribution in [0, 0.1) is 6.92 Å². The highest BCUT2D eigenvalue weighted by molar-refractivity contribution is 6.08. The second-order valence-corrected chi connectivity index (χ2v) is 6.62. The summed E-state index contributed by atoms with van der Waals surface area (Å²) in [4.78, 5) is 12.7. The minimum atomic E-state index is -4.40. The van der Waals surface area contributed by atoms with Crippen LogP contribution in [0.3, 0.4) is 0 Å². The largest absolute Gasteiger partial charge is 0.457 e. The van der Waals surface area contributed by atoms with Gasteiger partial charge in [0.05, 0.1) is 28.0 Å². The maximum atomic E-state index is 12.9. The molecule has 3 heterocycles. The Hall–Kier alpha value is -3.42. The van der Waals surface area contributed by atoms with Gasteiger partial charge in [-0.15, -0.1) is 0 Å². The van der Waals surface area contributed by atoms with Crippen molar-refractivity contribution in [3.63, 3.8) is 0 Å². The average molecular weight is 398 g/mol. The van der Waals surface area contributed by atoms with Crippen LogP contribution >= 0.6 is 0 Å². The predicted octanol–water partition coefficient (Wildman–Crippen LogP) is 5.26. The number of alkyl halides is 3. The molecule has 0 unspecified atom stereocenters. The lowest BCUT2D eigenvalue weighted by Gasteiger charge is -2.07. The molecule has 0 saturated carbocycles. The lowest BCUT2D eigenvalue weighted by atomic mass is 10.1. The summed E-state index contributed by atoms with van der Waals surface area (Å²) in [6, 6.07) is 8.92. The van der Waals surface area contributed by atoms with E-state index < -0.39 is 11.7 Å². The quantitative estimate of drug-likeness (QED) is 0.604. The van der Waals surface area contributed by atoms with Crippen molar-refractivity contribution in [1.29, 1.82) is 0 Å². The standard InChI is InChI=1S/C21H17F3N4O/c1-13-27-19-11-15(6-7-20(19)28(13)2)29-16-8-9-25-18(10-16)17-5-3-4-14(12-26-17)21(22,23)24/h3,5-12H,4H2,1-2H3. The van der Waals surface area contributed by atoms with Crippen molar-refractivity contribution < 1.29 is 17.9 Å². The van der Waals surface area contributed by atoms with Crippen molar-refractivity contribution in [2.45, 2.75) is 19.5 Å². The van der Waals surface area contributed by atoms with Gasteiger partial charge in [-0.05, 0) is 37.6 Å². The number of aliphatic imine (C=N–C) groups is 1. The molecule has 4 rings (SSSR count). The zero-order valence-electron chi connectivity index (χ0n) is 15.7. The van der Waals surface area contributed by atoms with E-state index in [1.54, 1.807) is 12.1 Å². The first-order valence-electron chi connectivity index (χ1n) is 8.89. The number of allylic oxidation sites excluding steroid dienone is 3. The molecule has 0 aliphatic carbocycles. The fourth-order valence-corrected chi connectivity index (χ4v) is 3.00. The predicted molar refractivity (Wildman–Crippen MR) is 104 cm³/mol. The molecule has 0 N–H and O–H groups in total. The third-order valence-corrected chi connectivity index (χ3v) is 4.64. The highest BCUT2D eigenvalue weighted by atomic mass is 19.4. The Morgan fingerprint density at radius 1 is 1.10 bits per heavy atom. The second kappa shape index (κ2) is 7.20. The van der Waals surface area contributed by atoms with Gasteiger partial charge >= 0.3 is 6.18 Å². The molecule has 0 atom stereocenters. The molecule has 148 valence electrons. The molecule has 0 saturated heterocycles. The van der Waals surface area contributed by atoms with Gasteiger partial charge in [0, 0.05) is 31.6 Å². The molecule has 0 spiro atoms. The number of halogens is 3. The summed E-state index contributed by atoms with van der Waals surface area (Å²) in [6.07, 6.45) is 0.716. The number of pyridine rings is 1. The minimum Gasteiger partial charge on any atom is -0.457 e. The lowest BCUT2D eigenvalue weighted by Crippen LogP contribution is -2.10. The first kappa shape index (κ1) is 18.9. The average Bonchev–Trinajstić information content (AvgIpc) is 2.86. The Labute approximate surface area is 164 Å². The van der Waals surface area contributed by atoms with Gasteiger partial charge in [0.15, 0.2) is 0 Å². The summed E-state index contributed by atoms with van der Waals surface area (Å²) < 4.78 is 46.5. The van der Waals surface area contributed by atoms with E-state index in [1.165, 1.54) is 18.3 Å². The molecular formula is C21H17F3N4O. The number of aryl methyl sites for hydroxylation is 2. The SMILES string of the molecule is Cc1nc2cc(Oc3ccnc(C4=NC=C(C(F)(F)F)CC=C4)c3)ccc2n1C. The van der Waals surface area contributed by atoms with E-state index in [0.29, 0.717) is 22.9 Å². The Bertz CT molecular complexity index is 1170. The zero-order valence-corrected chi connectivity index (χ0v) is 15.7. The molecule has 0 fully saturated rings. The summed E-state index contributed by atoms with van der Waals surface area (Å²) in [5.74, 6) is 2.00. The number of nitrogens with zero attached hydrogens (tertiary/aromatic N) is 4. The van der Waals surface area contributed by atoms with Gasteiger partial charge in [0.1, 0.15) is 17.3 Å². The van der Waals surface area contributed by atoms with Gasteiger partial charge in [-0.1, -0.05) is 6.08 Å². The van der Waals surface area contributed by atoms with Crippen LogP contribution in [-0.2, 0) is 7.05 Å². The van der Waals surface area contributed by atoms with Crippen LogP contribution in [0.4, 0.5) is 13.2 Å². The van der Waals surface area contributed by atoms with E-state index >= 15 is 0 Å². The van der Waals surface area contributed by atoms with E-state index in [-0.39, 0.29) is 6.42 Å². The normalized spacial score (nSPS) is 14.5. The monoisotopic (exact) mass is 398 g/mol. The maximum absolute atomic E-state index is 12.9. The molecule has 1 aromatic carbocycles. The summed E-state index contributed by atoms with van der Waals surface area (Å²) >= 11 is 0. The van der Waals surface area contributed by atoms with Crippen LogP contribution in [0.5, 0.6) is 11.5 Å². The van der Waals surface area contributed by atoms with E-state index in [0.717, 1.165) is 23.1 Å². The van der Waals surface area contributed by atoms with Crippen molar-refractivity contribution in [2.24, 2.45) is 12.0 Å². The van der Waals surface area contributed by atoms with Crippen LogP contribution in [0.25, 0.3) is 11.0 Å².